The molecule has 0 aliphatic rings. The van der Waals surface area contributed by atoms with Crippen LogP contribution in [0.25, 0.3) is 0 Å². The summed E-state index contributed by atoms with van der Waals surface area (Å²) >= 11 is 0. The fourth-order valence-electron chi connectivity index (χ4n) is 3.01. The Bertz CT molecular complexity index is 1090. The monoisotopic (exact) mass is 467 g/mol. The molecule has 0 unspecified atom stereocenters. The quantitative estimate of drug-likeness (QED) is 0.547. The number of nitrogens with zero attached hydrogens (tertiary/aromatic N) is 2. The van der Waals surface area contributed by atoms with Crippen LogP contribution in [-0.4, -0.2) is 32.2 Å². The first kappa shape index (κ1) is 25.4. The SMILES string of the molecule is CCCCCN(C)S(=O)(=O)c1ccc(CC(=O)Nc2ccc(C#N)c(C(F)(F)F)c2)cc1. The standard InChI is InChI=1S/C22H24F3N3O3S/c1-3-4-5-12-28(2)32(30,31)19-10-6-16(7-11-19)13-21(29)27-18-9-8-17(15-26)20(14-18)22(23,24)25/h6-11,14H,3-5,12-13H2,1-2H3,(H,27,29). The van der Waals surface area contributed by atoms with Crippen molar-refractivity contribution in [1.82, 2.24) is 4.31 Å². The Morgan fingerprint density at radius 1 is 1.12 bits per heavy atom. The van der Waals surface area contributed by atoms with Crippen molar-refractivity contribution in [2.24, 2.45) is 0 Å². The minimum Gasteiger partial charge on any atom is -0.326 e. The van der Waals surface area contributed by atoms with Gasteiger partial charge in [-0.3, -0.25) is 4.79 Å². The molecule has 0 fully saturated rings. The van der Waals surface area contributed by atoms with Gasteiger partial charge in [-0.2, -0.15) is 18.4 Å². The molecule has 0 bridgehead atoms. The van der Waals surface area contributed by atoms with Crippen LogP contribution in [0.3, 0.4) is 0 Å². The predicted molar refractivity (Wildman–Crippen MR) is 114 cm³/mol. The first-order valence-corrected chi connectivity index (χ1v) is 11.4. The lowest BCUT2D eigenvalue weighted by atomic mass is 10.1. The van der Waals surface area contributed by atoms with E-state index in [0.29, 0.717) is 18.2 Å². The lowest BCUT2D eigenvalue weighted by molar-refractivity contribution is -0.137. The molecule has 2 aromatic carbocycles. The van der Waals surface area contributed by atoms with Crippen LogP contribution < -0.4 is 5.32 Å². The smallest absolute Gasteiger partial charge is 0.326 e. The molecule has 0 spiro atoms. The molecule has 1 N–H and O–H groups in total. The van der Waals surface area contributed by atoms with Gasteiger partial charge in [-0.15, -0.1) is 0 Å². The van der Waals surface area contributed by atoms with Gasteiger partial charge in [0.05, 0.1) is 28.5 Å². The second-order valence-electron chi connectivity index (χ2n) is 7.27. The minimum atomic E-state index is -4.73. The van der Waals surface area contributed by atoms with Gasteiger partial charge in [0, 0.05) is 19.3 Å². The third-order valence-corrected chi connectivity index (χ3v) is 6.67. The molecule has 0 saturated carbocycles. The van der Waals surface area contributed by atoms with Crippen LogP contribution in [0.1, 0.15) is 42.9 Å². The second-order valence-corrected chi connectivity index (χ2v) is 9.32. The van der Waals surface area contributed by atoms with Crippen LogP contribution >= 0.6 is 0 Å². The number of benzene rings is 2. The van der Waals surface area contributed by atoms with Crippen molar-refractivity contribution in [2.75, 3.05) is 18.9 Å². The Hall–Kier alpha value is -2.90. The number of carbonyl (C=O) groups is 1. The van der Waals surface area contributed by atoms with E-state index < -0.39 is 33.2 Å². The number of anilines is 1. The number of unbranched alkanes of at least 4 members (excludes halogenated alkanes) is 2. The molecule has 0 aliphatic carbocycles. The summed E-state index contributed by atoms with van der Waals surface area (Å²) in [6, 6.07) is 10.2. The number of hydrogen-bond acceptors (Lipinski definition) is 4. The van der Waals surface area contributed by atoms with Gasteiger partial charge in [-0.05, 0) is 42.3 Å². The molecule has 2 aromatic rings. The normalized spacial score (nSPS) is 11.9. The van der Waals surface area contributed by atoms with E-state index in [1.807, 2.05) is 6.92 Å². The average molecular weight is 468 g/mol. The van der Waals surface area contributed by atoms with E-state index in [-0.39, 0.29) is 17.0 Å². The number of halogens is 3. The number of sulfonamides is 1. The van der Waals surface area contributed by atoms with Gasteiger partial charge in [0.2, 0.25) is 15.9 Å². The Morgan fingerprint density at radius 3 is 2.34 bits per heavy atom. The maximum absolute atomic E-state index is 13.1. The molecule has 0 heterocycles. The lowest BCUT2D eigenvalue weighted by Crippen LogP contribution is -2.28. The highest BCUT2D eigenvalue weighted by Crippen LogP contribution is 2.33. The maximum Gasteiger partial charge on any atom is 0.417 e. The largest absolute Gasteiger partial charge is 0.417 e. The van der Waals surface area contributed by atoms with Crippen LogP contribution in [0.15, 0.2) is 47.4 Å². The fraction of sp³-hybridized carbons (Fsp3) is 0.364. The van der Waals surface area contributed by atoms with Crippen molar-refractivity contribution < 1.29 is 26.4 Å². The number of rotatable bonds is 9. The summed E-state index contributed by atoms with van der Waals surface area (Å²) in [4.78, 5) is 12.3. The van der Waals surface area contributed by atoms with E-state index in [1.54, 1.807) is 0 Å². The molecule has 0 saturated heterocycles. The van der Waals surface area contributed by atoms with Gasteiger partial charge < -0.3 is 5.32 Å². The second kappa shape index (κ2) is 10.6. The zero-order chi connectivity index (χ0) is 23.9. The lowest BCUT2D eigenvalue weighted by Gasteiger charge is -2.17. The Labute approximate surface area is 185 Å². The molecule has 0 atom stereocenters. The van der Waals surface area contributed by atoms with E-state index in [9.17, 15) is 26.4 Å². The van der Waals surface area contributed by atoms with E-state index in [2.05, 4.69) is 5.32 Å². The third-order valence-electron chi connectivity index (χ3n) is 4.80. The van der Waals surface area contributed by atoms with Crippen LogP contribution in [0, 0.1) is 11.3 Å². The van der Waals surface area contributed by atoms with Crippen molar-refractivity contribution in [3.63, 3.8) is 0 Å². The van der Waals surface area contributed by atoms with Crippen molar-refractivity contribution in [3.8, 4) is 6.07 Å². The molecule has 0 aromatic heterocycles. The number of alkyl halides is 3. The Kier molecular flexibility index (Phi) is 8.41. The first-order chi connectivity index (χ1) is 15.0. The van der Waals surface area contributed by atoms with Gasteiger partial charge in [0.15, 0.2) is 0 Å². The van der Waals surface area contributed by atoms with Gasteiger partial charge in [0.25, 0.3) is 0 Å². The van der Waals surface area contributed by atoms with E-state index in [0.717, 1.165) is 25.3 Å². The molecule has 0 radical (unpaired) electrons. The zero-order valence-electron chi connectivity index (χ0n) is 17.7. The average Bonchev–Trinajstić information content (AvgIpc) is 2.73. The van der Waals surface area contributed by atoms with Crippen molar-refractivity contribution in [1.29, 1.82) is 5.26 Å². The van der Waals surface area contributed by atoms with Gasteiger partial charge in [-0.25, -0.2) is 12.7 Å². The zero-order valence-corrected chi connectivity index (χ0v) is 18.6. The molecule has 6 nitrogen and oxygen atoms in total. The molecular formula is C22H24F3N3O3S. The number of nitriles is 1. The van der Waals surface area contributed by atoms with Gasteiger partial charge in [0.1, 0.15) is 0 Å². The van der Waals surface area contributed by atoms with Crippen molar-refractivity contribution in [3.05, 3.63) is 59.2 Å². The highest BCUT2D eigenvalue weighted by molar-refractivity contribution is 7.89. The summed E-state index contributed by atoms with van der Waals surface area (Å²) in [5.41, 5.74) is -1.25. The number of hydrogen-bond donors (Lipinski definition) is 1. The minimum absolute atomic E-state index is 0.0887. The van der Waals surface area contributed by atoms with E-state index in [4.69, 9.17) is 5.26 Å². The number of carbonyl (C=O) groups excluding carboxylic acids is 1. The molecule has 1 amide bonds. The van der Waals surface area contributed by atoms with Crippen LogP contribution in [0.2, 0.25) is 0 Å². The summed E-state index contributed by atoms with van der Waals surface area (Å²) in [7, 11) is -2.13. The van der Waals surface area contributed by atoms with E-state index in [1.165, 1.54) is 47.8 Å². The van der Waals surface area contributed by atoms with E-state index >= 15 is 0 Å². The van der Waals surface area contributed by atoms with Gasteiger partial charge >= 0.3 is 6.18 Å². The predicted octanol–water partition coefficient (Wildman–Crippen LogP) is 4.57. The topological polar surface area (TPSA) is 90.3 Å². The van der Waals surface area contributed by atoms with Crippen molar-refractivity contribution >= 4 is 21.6 Å². The summed E-state index contributed by atoms with van der Waals surface area (Å²) in [5, 5.41) is 11.2. The highest BCUT2D eigenvalue weighted by atomic mass is 32.2. The Balaban J connectivity index is 2.07. The molecule has 2 rings (SSSR count). The van der Waals surface area contributed by atoms with Crippen LogP contribution in [0.5, 0.6) is 0 Å². The Morgan fingerprint density at radius 2 is 1.78 bits per heavy atom. The molecule has 10 heteroatoms. The third kappa shape index (κ3) is 6.55. The maximum atomic E-state index is 13.1. The number of amides is 1. The highest BCUT2D eigenvalue weighted by Gasteiger charge is 2.34. The fourth-order valence-corrected chi connectivity index (χ4v) is 4.22. The first-order valence-electron chi connectivity index (χ1n) is 9.95. The number of nitrogens with one attached hydrogen (secondary N) is 1. The molecule has 32 heavy (non-hydrogen) atoms. The summed E-state index contributed by atoms with van der Waals surface area (Å²) in [5.74, 6) is -0.574. The molecular weight excluding hydrogens is 443 g/mol. The summed E-state index contributed by atoms with van der Waals surface area (Å²) < 4.78 is 65.7. The van der Waals surface area contributed by atoms with Crippen LogP contribution in [-0.2, 0) is 27.4 Å². The summed E-state index contributed by atoms with van der Waals surface area (Å²) in [6.07, 6.45) is -2.22. The van der Waals surface area contributed by atoms with Gasteiger partial charge in [-0.1, -0.05) is 31.9 Å². The summed E-state index contributed by atoms with van der Waals surface area (Å²) in [6.45, 7) is 2.44. The molecule has 172 valence electrons. The molecule has 0 aliphatic heterocycles. The van der Waals surface area contributed by atoms with Crippen molar-refractivity contribution in [2.45, 2.75) is 43.7 Å². The van der Waals surface area contributed by atoms with Crippen LogP contribution in [0.4, 0.5) is 18.9 Å².